The van der Waals surface area contributed by atoms with Gasteiger partial charge in [-0.2, -0.15) is 10.5 Å². The van der Waals surface area contributed by atoms with E-state index in [2.05, 4.69) is 5.32 Å². The van der Waals surface area contributed by atoms with E-state index in [-0.39, 0.29) is 18.2 Å². The van der Waals surface area contributed by atoms with Crippen molar-refractivity contribution in [3.63, 3.8) is 0 Å². The van der Waals surface area contributed by atoms with Crippen molar-refractivity contribution in [2.75, 3.05) is 6.61 Å². The summed E-state index contributed by atoms with van der Waals surface area (Å²) in [7, 11) is 1.75. The van der Waals surface area contributed by atoms with Gasteiger partial charge in [-0.15, -0.1) is 0 Å². The first-order chi connectivity index (χ1) is 9.98. The summed E-state index contributed by atoms with van der Waals surface area (Å²) in [5.74, 6) is -0.528. The van der Waals surface area contributed by atoms with Crippen molar-refractivity contribution >= 4 is 12.0 Å². The zero-order valence-corrected chi connectivity index (χ0v) is 12.3. The standard InChI is InChI=1S/C15H18N4O2/c1-4-13(9-20)18-15(21)12(7-16)5-11-6-14(8-17)19(3)10(11)2/h5-6,13,20H,4,9H2,1-3H3,(H,18,21)/b12-5+. The zero-order chi connectivity index (χ0) is 16.0. The number of nitrogens with zero attached hydrogens (tertiary/aromatic N) is 3. The van der Waals surface area contributed by atoms with Crippen molar-refractivity contribution in [3.8, 4) is 12.1 Å². The Morgan fingerprint density at radius 2 is 2.24 bits per heavy atom. The molecule has 1 amide bonds. The van der Waals surface area contributed by atoms with Crippen LogP contribution in [0.1, 0.15) is 30.3 Å². The second-order valence-corrected chi connectivity index (χ2v) is 4.67. The number of aliphatic hydroxyl groups is 1. The fraction of sp³-hybridized carbons (Fsp3) is 0.400. The molecular formula is C15H18N4O2. The van der Waals surface area contributed by atoms with Gasteiger partial charge in [-0.1, -0.05) is 6.92 Å². The summed E-state index contributed by atoms with van der Waals surface area (Å²) in [5.41, 5.74) is 1.84. The molecule has 21 heavy (non-hydrogen) atoms. The van der Waals surface area contributed by atoms with Gasteiger partial charge in [0.05, 0.1) is 12.6 Å². The van der Waals surface area contributed by atoms with Crippen molar-refractivity contribution < 1.29 is 9.90 Å². The van der Waals surface area contributed by atoms with E-state index in [1.54, 1.807) is 17.7 Å². The number of aliphatic hydroxyl groups excluding tert-OH is 1. The van der Waals surface area contributed by atoms with Crippen molar-refractivity contribution in [1.29, 1.82) is 10.5 Å². The molecule has 1 unspecified atom stereocenters. The van der Waals surface area contributed by atoms with Gasteiger partial charge < -0.3 is 15.0 Å². The van der Waals surface area contributed by atoms with E-state index in [9.17, 15) is 4.79 Å². The van der Waals surface area contributed by atoms with E-state index in [0.29, 0.717) is 17.7 Å². The lowest BCUT2D eigenvalue weighted by atomic mass is 10.1. The molecule has 1 atom stereocenters. The minimum Gasteiger partial charge on any atom is -0.394 e. The molecule has 0 aliphatic heterocycles. The van der Waals surface area contributed by atoms with Crippen LogP contribution in [0, 0.1) is 29.6 Å². The van der Waals surface area contributed by atoms with Crippen LogP contribution in [0.5, 0.6) is 0 Å². The predicted octanol–water partition coefficient (Wildman–Crippen LogP) is 0.999. The lowest BCUT2D eigenvalue weighted by Crippen LogP contribution is -2.37. The van der Waals surface area contributed by atoms with E-state index in [1.807, 2.05) is 26.0 Å². The summed E-state index contributed by atoms with van der Waals surface area (Å²) >= 11 is 0. The third kappa shape index (κ3) is 3.71. The first-order valence-corrected chi connectivity index (χ1v) is 6.58. The van der Waals surface area contributed by atoms with Crippen LogP contribution < -0.4 is 5.32 Å². The average Bonchev–Trinajstić information content (AvgIpc) is 2.77. The maximum Gasteiger partial charge on any atom is 0.262 e. The van der Waals surface area contributed by atoms with Gasteiger partial charge in [0.15, 0.2) is 0 Å². The Balaban J connectivity index is 3.08. The molecule has 6 nitrogen and oxygen atoms in total. The van der Waals surface area contributed by atoms with Gasteiger partial charge in [-0.05, 0) is 31.1 Å². The Labute approximate surface area is 123 Å². The largest absolute Gasteiger partial charge is 0.394 e. The van der Waals surface area contributed by atoms with Crippen molar-refractivity contribution in [2.45, 2.75) is 26.3 Å². The Kier molecular flexibility index (Phi) is 5.71. The molecular weight excluding hydrogens is 268 g/mol. The van der Waals surface area contributed by atoms with Crippen molar-refractivity contribution in [3.05, 3.63) is 28.6 Å². The lowest BCUT2D eigenvalue weighted by Gasteiger charge is -2.13. The number of hydrogen-bond donors (Lipinski definition) is 2. The molecule has 0 fully saturated rings. The molecule has 0 spiro atoms. The minimum absolute atomic E-state index is 0.0555. The molecule has 0 bridgehead atoms. The van der Waals surface area contributed by atoms with E-state index >= 15 is 0 Å². The fourth-order valence-corrected chi connectivity index (χ4v) is 1.82. The Hall–Kier alpha value is -2.57. The number of rotatable bonds is 5. The second-order valence-electron chi connectivity index (χ2n) is 4.67. The summed E-state index contributed by atoms with van der Waals surface area (Å²) in [6.45, 7) is 3.46. The molecule has 0 radical (unpaired) electrons. The van der Waals surface area contributed by atoms with Gasteiger partial charge >= 0.3 is 0 Å². The second kappa shape index (κ2) is 7.28. The molecule has 6 heteroatoms. The number of hydrogen-bond acceptors (Lipinski definition) is 4. The summed E-state index contributed by atoms with van der Waals surface area (Å²) in [4.78, 5) is 12.0. The number of aromatic nitrogens is 1. The predicted molar refractivity (Wildman–Crippen MR) is 77.8 cm³/mol. The molecule has 0 aliphatic rings. The third-order valence-corrected chi connectivity index (χ3v) is 3.40. The summed E-state index contributed by atoms with van der Waals surface area (Å²) < 4.78 is 1.70. The number of amides is 1. The van der Waals surface area contributed by atoms with Crippen LogP contribution >= 0.6 is 0 Å². The smallest absolute Gasteiger partial charge is 0.262 e. The first-order valence-electron chi connectivity index (χ1n) is 6.58. The van der Waals surface area contributed by atoms with E-state index in [1.165, 1.54) is 6.08 Å². The summed E-state index contributed by atoms with van der Waals surface area (Å²) in [5, 5.41) is 29.8. The molecule has 0 aliphatic carbocycles. The number of nitrogens with one attached hydrogen (secondary N) is 1. The first kappa shape index (κ1) is 16.5. The number of carbonyl (C=O) groups excluding carboxylic acids is 1. The van der Waals surface area contributed by atoms with Crippen LogP contribution in [-0.2, 0) is 11.8 Å². The molecule has 1 heterocycles. The molecule has 2 N–H and O–H groups in total. The molecule has 110 valence electrons. The molecule has 0 saturated heterocycles. The van der Waals surface area contributed by atoms with Gasteiger partial charge in [0.1, 0.15) is 23.4 Å². The Bertz CT molecular complexity index is 640. The van der Waals surface area contributed by atoms with Gasteiger partial charge in [0.2, 0.25) is 0 Å². The number of nitriles is 2. The normalized spacial score (nSPS) is 12.4. The topological polar surface area (TPSA) is 102 Å². The Morgan fingerprint density at radius 1 is 1.57 bits per heavy atom. The van der Waals surface area contributed by atoms with Crippen LogP contribution in [0.15, 0.2) is 11.6 Å². The molecule has 0 aromatic carbocycles. The van der Waals surface area contributed by atoms with Crippen molar-refractivity contribution in [2.24, 2.45) is 7.05 Å². The van der Waals surface area contributed by atoms with Crippen molar-refractivity contribution in [1.82, 2.24) is 9.88 Å². The van der Waals surface area contributed by atoms with Crippen LogP contribution in [-0.4, -0.2) is 28.2 Å². The highest BCUT2D eigenvalue weighted by Gasteiger charge is 2.15. The highest BCUT2D eigenvalue weighted by molar-refractivity contribution is 6.02. The molecule has 1 aromatic heterocycles. The van der Waals surface area contributed by atoms with E-state index < -0.39 is 5.91 Å². The van der Waals surface area contributed by atoms with Crippen LogP contribution in [0.2, 0.25) is 0 Å². The fourth-order valence-electron chi connectivity index (χ4n) is 1.82. The summed E-state index contributed by atoms with van der Waals surface area (Å²) in [6.07, 6.45) is 2.03. The third-order valence-electron chi connectivity index (χ3n) is 3.40. The average molecular weight is 286 g/mol. The Morgan fingerprint density at radius 3 is 2.67 bits per heavy atom. The van der Waals surface area contributed by atoms with Gasteiger partial charge in [-0.25, -0.2) is 0 Å². The van der Waals surface area contributed by atoms with Gasteiger partial charge in [0.25, 0.3) is 5.91 Å². The zero-order valence-electron chi connectivity index (χ0n) is 12.3. The number of carbonyl (C=O) groups is 1. The highest BCUT2D eigenvalue weighted by atomic mass is 16.3. The SMILES string of the molecule is CCC(CO)NC(=O)/C(C#N)=C/c1cc(C#N)n(C)c1C. The lowest BCUT2D eigenvalue weighted by molar-refractivity contribution is -0.118. The minimum atomic E-state index is -0.528. The van der Waals surface area contributed by atoms with E-state index in [0.717, 1.165) is 5.69 Å². The monoisotopic (exact) mass is 286 g/mol. The van der Waals surface area contributed by atoms with Gasteiger partial charge in [0, 0.05) is 12.7 Å². The quantitative estimate of drug-likeness (QED) is 0.622. The molecule has 1 aromatic rings. The van der Waals surface area contributed by atoms with Crippen LogP contribution in [0.25, 0.3) is 6.08 Å². The summed E-state index contributed by atoms with van der Waals surface area (Å²) in [6, 6.07) is 5.15. The van der Waals surface area contributed by atoms with Crippen LogP contribution in [0.4, 0.5) is 0 Å². The van der Waals surface area contributed by atoms with Crippen LogP contribution in [0.3, 0.4) is 0 Å². The maximum atomic E-state index is 12.0. The highest BCUT2D eigenvalue weighted by Crippen LogP contribution is 2.17. The maximum absolute atomic E-state index is 12.0. The molecule has 1 rings (SSSR count). The molecule has 0 saturated carbocycles. The van der Waals surface area contributed by atoms with E-state index in [4.69, 9.17) is 15.6 Å². The van der Waals surface area contributed by atoms with Gasteiger partial charge in [-0.3, -0.25) is 4.79 Å².